The van der Waals surface area contributed by atoms with Crippen LogP contribution in [0.5, 0.6) is 0 Å². The first-order valence-electron chi connectivity index (χ1n) is 16.2. The molecule has 47 heavy (non-hydrogen) atoms. The smallest absolute Gasteiger partial charge is 0.103 e. The SMILES string of the molecule is C[C@@H](CNc1c(C#N)cnc2c(Cl)cc(N[C@H](C3=CN(C4CCN(C(C)(C)C)CC4)NN3)c3ccc(Cl)cc3)cc12)c1ccccc1. The lowest BCUT2D eigenvalue weighted by Gasteiger charge is -2.42. The van der Waals surface area contributed by atoms with E-state index in [2.05, 4.69) is 88.6 Å². The normalized spacial score (nSPS) is 17.1. The third-order valence-electron chi connectivity index (χ3n) is 9.24. The molecule has 8 nitrogen and oxygen atoms in total. The van der Waals surface area contributed by atoms with Gasteiger partial charge in [-0.3, -0.25) is 14.9 Å². The van der Waals surface area contributed by atoms with Crippen LogP contribution in [0, 0.1) is 11.3 Å². The summed E-state index contributed by atoms with van der Waals surface area (Å²) < 4.78 is 0. The third kappa shape index (κ3) is 7.45. The van der Waals surface area contributed by atoms with Gasteiger partial charge in [0.15, 0.2) is 0 Å². The highest BCUT2D eigenvalue weighted by molar-refractivity contribution is 6.36. The number of hydrogen-bond acceptors (Lipinski definition) is 8. The van der Waals surface area contributed by atoms with Crippen LogP contribution in [0.2, 0.25) is 10.0 Å². The molecule has 1 fully saturated rings. The lowest BCUT2D eigenvalue weighted by Crippen LogP contribution is -2.52. The van der Waals surface area contributed by atoms with E-state index in [0.717, 1.165) is 54.0 Å². The molecule has 4 N–H and O–H groups in total. The van der Waals surface area contributed by atoms with Crippen molar-refractivity contribution in [2.45, 2.75) is 64.1 Å². The Labute approximate surface area is 287 Å². The number of nitrogens with one attached hydrogen (secondary N) is 4. The molecular weight excluding hydrogens is 627 g/mol. The number of aromatic nitrogens is 1. The molecule has 0 bridgehead atoms. The Bertz CT molecular complexity index is 1770. The summed E-state index contributed by atoms with van der Waals surface area (Å²) in [5.74, 6) is 0.230. The maximum absolute atomic E-state index is 10.0. The fourth-order valence-corrected chi connectivity index (χ4v) is 6.83. The molecule has 2 aliphatic rings. The van der Waals surface area contributed by atoms with Gasteiger partial charge in [-0.25, -0.2) is 0 Å². The second kappa shape index (κ2) is 14.0. The van der Waals surface area contributed by atoms with Crippen LogP contribution in [-0.4, -0.2) is 46.1 Å². The van der Waals surface area contributed by atoms with Crippen molar-refractivity contribution in [1.29, 1.82) is 5.26 Å². The molecule has 2 atom stereocenters. The predicted molar refractivity (Wildman–Crippen MR) is 193 cm³/mol. The molecular formula is C37H42Cl2N8. The van der Waals surface area contributed by atoms with E-state index < -0.39 is 0 Å². The van der Waals surface area contributed by atoms with Gasteiger partial charge in [0.1, 0.15) is 6.07 Å². The zero-order chi connectivity index (χ0) is 33.1. The van der Waals surface area contributed by atoms with Crippen molar-refractivity contribution in [3.63, 3.8) is 0 Å². The molecule has 6 rings (SSSR count). The van der Waals surface area contributed by atoms with Crippen LogP contribution in [-0.2, 0) is 0 Å². The van der Waals surface area contributed by atoms with Crippen LogP contribution in [0.25, 0.3) is 10.9 Å². The summed E-state index contributed by atoms with van der Waals surface area (Å²) in [5.41, 5.74) is 12.9. The van der Waals surface area contributed by atoms with E-state index in [0.29, 0.717) is 33.7 Å². The second-order valence-electron chi connectivity index (χ2n) is 13.5. The van der Waals surface area contributed by atoms with Gasteiger partial charge in [0.2, 0.25) is 0 Å². The minimum absolute atomic E-state index is 0.173. The van der Waals surface area contributed by atoms with Crippen LogP contribution in [0.1, 0.15) is 69.2 Å². The van der Waals surface area contributed by atoms with Crippen molar-refractivity contribution >= 4 is 45.5 Å². The number of hydrogen-bond donors (Lipinski definition) is 4. The highest BCUT2D eigenvalue weighted by atomic mass is 35.5. The fraction of sp³-hybridized carbons (Fsp3) is 0.351. The van der Waals surface area contributed by atoms with Gasteiger partial charge < -0.3 is 16.1 Å². The number of nitriles is 1. The molecule has 0 saturated carbocycles. The molecule has 10 heteroatoms. The van der Waals surface area contributed by atoms with Crippen molar-refractivity contribution in [1.82, 2.24) is 25.9 Å². The summed E-state index contributed by atoms with van der Waals surface area (Å²) in [6.45, 7) is 11.8. The summed E-state index contributed by atoms with van der Waals surface area (Å²) in [5, 5.41) is 21.5. The minimum atomic E-state index is -0.241. The van der Waals surface area contributed by atoms with Gasteiger partial charge in [0.05, 0.1) is 33.5 Å². The zero-order valence-electron chi connectivity index (χ0n) is 27.3. The van der Waals surface area contributed by atoms with Crippen LogP contribution in [0.3, 0.4) is 0 Å². The van der Waals surface area contributed by atoms with Gasteiger partial charge in [-0.2, -0.15) is 5.26 Å². The van der Waals surface area contributed by atoms with Crippen molar-refractivity contribution in [2.24, 2.45) is 0 Å². The topological polar surface area (TPSA) is 91.3 Å². The van der Waals surface area contributed by atoms with Crippen LogP contribution in [0.15, 0.2) is 84.8 Å². The Hall–Kier alpha value is -4.00. The molecule has 2 aliphatic heterocycles. The Morgan fingerprint density at radius 1 is 1.02 bits per heavy atom. The number of fused-ring (bicyclic) bond motifs is 1. The van der Waals surface area contributed by atoms with E-state index in [9.17, 15) is 5.26 Å². The summed E-state index contributed by atoms with van der Waals surface area (Å²) in [4.78, 5) is 7.12. The molecule has 1 saturated heterocycles. The van der Waals surface area contributed by atoms with Crippen molar-refractivity contribution in [2.75, 3.05) is 30.3 Å². The lowest BCUT2D eigenvalue weighted by atomic mass is 9.98. The number of likely N-dealkylation sites (tertiary alicyclic amines) is 1. The monoisotopic (exact) mass is 668 g/mol. The van der Waals surface area contributed by atoms with Crippen molar-refractivity contribution in [3.8, 4) is 6.07 Å². The Morgan fingerprint density at radius 2 is 1.74 bits per heavy atom. The predicted octanol–water partition coefficient (Wildman–Crippen LogP) is 8.21. The molecule has 1 aromatic heterocycles. The van der Waals surface area contributed by atoms with Crippen LogP contribution in [0.4, 0.5) is 11.4 Å². The number of benzene rings is 3. The largest absolute Gasteiger partial charge is 0.383 e. The summed E-state index contributed by atoms with van der Waals surface area (Å²) in [7, 11) is 0. The Balaban J connectivity index is 1.30. The van der Waals surface area contributed by atoms with E-state index in [4.69, 9.17) is 23.2 Å². The first-order chi connectivity index (χ1) is 22.6. The van der Waals surface area contributed by atoms with Crippen molar-refractivity contribution in [3.05, 3.63) is 112 Å². The molecule has 0 radical (unpaired) electrons. The van der Waals surface area contributed by atoms with E-state index in [1.807, 2.05) is 54.6 Å². The van der Waals surface area contributed by atoms with Crippen LogP contribution < -0.4 is 21.6 Å². The minimum Gasteiger partial charge on any atom is -0.383 e. The fourth-order valence-electron chi connectivity index (χ4n) is 6.44. The first-order valence-corrected chi connectivity index (χ1v) is 17.0. The third-order valence-corrected chi connectivity index (χ3v) is 9.78. The van der Waals surface area contributed by atoms with Gasteiger partial charge in [0.25, 0.3) is 0 Å². The molecule has 0 aliphatic carbocycles. The molecule has 0 spiro atoms. The highest BCUT2D eigenvalue weighted by Crippen LogP contribution is 2.37. The number of hydrazine groups is 2. The molecule has 4 aromatic rings. The van der Waals surface area contributed by atoms with Gasteiger partial charge in [-0.1, -0.05) is 72.6 Å². The lowest BCUT2D eigenvalue weighted by molar-refractivity contribution is 0.0570. The first kappa shape index (κ1) is 32.9. The Kier molecular flexibility index (Phi) is 9.81. The number of anilines is 2. The molecule has 3 heterocycles. The molecule has 3 aromatic carbocycles. The zero-order valence-corrected chi connectivity index (χ0v) is 28.8. The number of piperidine rings is 1. The summed E-state index contributed by atoms with van der Waals surface area (Å²) in [6.07, 6.45) is 5.90. The standard InChI is InChI=1S/C37H42Cl2N8/c1-24(25-8-6-5-7-9-25)21-41-34-27(20-40)22-42-36-31(34)18-29(19-32(36)39)43-35(26-10-12-28(38)13-11-26)33-23-47(45-44-33)30-14-16-46(17-15-30)37(2,3)4/h5-13,18-19,22-24,30,35,43-45H,14-17,21H2,1-4H3,(H,41,42)/t24-,35-/m0/s1. The van der Waals surface area contributed by atoms with Gasteiger partial charge in [0, 0.05) is 59.7 Å². The molecule has 0 unspecified atom stereocenters. The number of pyridine rings is 1. The number of halogens is 2. The average Bonchev–Trinajstić information content (AvgIpc) is 3.56. The maximum Gasteiger partial charge on any atom is 0.103 e. The maximum atomic E-state index is 10.0. The molecule has 244 valence electrons. The van der Waals surface area contributed by atoms with E-state index >= 15 is 0 Å². The van der Waals surface area contributed by atoms with Gasteiger partial charge in [-0.05, 0) is 74.9 Å². The summed E-state index contributed by atoms with van der Waals surface area (Å²) >= 11 is 13.2. The Morgan fingerprint density at radius 3 is 2.43 bits per heavy atom. The van der Waals surface area contributed by atoms with E-state index in [-0.39, 0.29) is 17.5 Å². The average molecular weight is 670 g/mol. The van der Waals surface area contributed by atoms with E-state index in [1.165, 1.54) is 5.56 Å². The van der Waals surface area contributed by atoms with Crippen LogP contribution >= 0.6 is 23.2 Å². The summed E-state index contributed by atoms with van der Waals surface area (Å²) in [6, 6.07) is 24.6. The quantitative estimate of drug-likeness (QED) is 0.142. The highest BCUT2D eigenvalue weighted by Gasteiger charge is 2.32. The molecule has 0 amide bonds. The van der Waals surface area contributed by atoms with Crippen molar-refractivity contribution < 1.29 is 0 Å². The number of rotatable bonds is 9. The van der Waals surface area contributed by atoms with Gasteiger partial charge >= 0.3 is 0 Å². The van der Waals surface area contributed by atoms with E-state index in [1.54, 1.807) is 6.20 Å². The van der Waals surface area contributed by atoms with Gasteiger partial charge in [-0.15, -0.1) is 5.53 Å². The second-order valence-corrected chi connectivity index (χ2v) is 14.3. The number of nitrogens with zero attached hydrogens (tertiary/aromatic N) is 4.